The second-order valence-electron chi connectivity index (χ2n) is 9.49. The Morgan fingerprint density at radius 3 is 2.38 bits per heavy atom. The van der Waals surface area contributed by atoms with Crippen molar-refractivity contribution in [1.82, 2.24) is 5.32 Å². The largest absolute Gasteiger partial charge is 0.489 e. The molecule has 2 N–H and O–H groups in total. The van der Waals surface area contributed by atoms with Crippen LogP contribution in [0.25, 0.3) is 0 Å². The van der Waals surface area contributed by atoms with Crippen LogP contribution in [-0.2, 0) is 13.2 Å². The molecule has 0 spiro atoms. The van der Waals surface area contributed by atoms with Crippen LogP contribution in [0, 0.1) is 11.8 Å². The molecule has 4 saturated carbocycles. The summed E-state index contributed by atoms with van der Waals surface area (Å²) in [7, 11) is 0. The molecule has 4 bridgehead atoms. The SMILES string of the molecule is OC12CC3CC(C1)CC(NCc1ccc(OCc4ccc(Cl)cc4Cl)cc1)(C3)C2. The molecule has 0 amide bonds. The van der Waals surface area contributed by atoms with Gasteiger partial charge < -0.3 is 15.2 Å². The van der Waals surface area contributed by atoms with E-state index in [-0.39, 0.29) is 5.54 Å². The first-order chi connectivity index (χ1) is 13.9. The van der Waals surface area contributed by atoms with Gasteiger partial charge in [-0.3, -0.25) is 0 Å². The van der Waals surface area contributed by atoms with Gasteiger partial charge in [0.05, 0.1) is 5.60 Å². The third-order valence-corrected chi connectivity index (χ3v) is 7.62. The van der Waals surface area contributed by atoms with E-state index >= 15 is 0 Å². The van der Waals surface area contributed by atoms with E-state index in [1.165, 1.54) is 24.8 Å². The van der Waals surface area contributed by atoms with E-state index in [2.05, 4.69) is 17.4 Å². The summed E-state index contributed by atoms with van der Waals surface area (Å²) in [6, 6.07) is 13.7. The zero-order valence-corrected chi connectivity index (χ0v) is 18.0. The van der Waals surface area contributed by atoms with Gasteiger partial charge in [-0.05, 0) is 80.2 Å². The maximum atomic E-state index is 10.9. The lowest BCUT2D eigenvalue weighted by molar-refractivity contribution is -0.142. The summed E-state index contributed by atoms with van der Waals surface area (Å²) in [6.07, 6.45) is 6.68. The predicted molar refractivity (Wildman–Crippen MR) is 116 cm³/mol. The molecular formula is C24H27Cl2NO2. The average Bonchev–Trinajstić information content (AvgIpc) is 2.65. The zero-order chi connectivity index (χ0) is 20.1. The third kappa shape index (κ3) is 4.16. The fourth-order valence-electron chi connectivity index (χ4n) is 6.21. The molecule has 0 aromatic heterocycles. The Balaban J connectivity index is 1.18. The van der Waals surface area contributed by atoms with E-state index in [0.717, 1.165) is 37.1 Å². The van der Waals surface area contributed by atoms with Crippen LogP contribution in [0.1, 0.15) is 49.7 Å². The lowest BCUT2D eigenvalue weighted by Crippen LogP contribution is -2.64. The molecule has 2 aromatic carbocycles. The van der Waals surface area contributed by atoms with Gasteiger partial charge in [0, 0.05) is 27.7 Å². The number of benzene rings is 2. The summed E-state index contributed by atoms with van der Waals surface area (Å²) >= 11 is 12.2. The Labute approximate surface area is 182 Å². The quantitative estimate of drug-likeness (QED) is 0.611. The van der Waals surface area contributed by atoms with Crippen molar-refractivity contribution in [2.45, 2.75) is 62.8 Å². The summed E-state index contributed by atoms with van der Waals surface area (Å²) in [6.45, 7) is 1.25. The minimum absolute atomic E-state index is 0.124. The smallest absolute Gasteiger partial charge is 0.119 e. The Bertz CT molecular complexity index is 884. The molecule has 2 atom stereocenters. The second-order valence-corrected chi connectivity index (χ2v) is 10.3. The van der Waals surface area contributed by atoms with E-state index < -0.39 is 5.60 Å². The predicted octanol–water partition coefficient (Wildman–Crippen LogP) is 5.75. The number of ether oxygens (including phenoxy) is 1. The summed E-state index contributed by atoms with van der Waals surface area (Å²) in [4.78, 5) is 0. The molecule has 5 heteroatoms. The van der Waals surface area contributed by atoms with Crippen molar-refractivity contribution in [2.75, 3.05) is 0 Å². The molecular weight excluding hydrogens is 405 g/mol. The van der Waals surface area contributed by atoms with Gasteiger partial charge in [0.25, 0.3) is 0 Å². The first-order valence-electron chi connectivity index (χ1n) is 10.5. The van der Waals surface area contributed by atoms with Crippen molar-refractivity contribution in [2.24, 2.45) is 11.8 Å². The van der Waals surface area contributed by atoms with E-state index in [4.69, 9.17) is 27.9 Å². The molecule has 2 aromatic rings. The average molecular weight is 432 g/mol. The van der Waals surface area contributed by atoms with Gasteiger partial charge in [0.2, 0.25) is 0 Å². The second kappa shape index (κ2) is 7.46. The minimum atomic E-state index is -0.419. The third-order valence-electron chi connectivity index (χ3n) is 7.03. The van der Waals surface area contributed by atoms with Crippen LogP contribution < -0.4 is 10.1 Å². The van der Waals surface area contributed by atoms with E-state index in [9.17, 15) is 5.11 Å². The van der Waals surface area contributed by atoms with Gasteiger partial charge >= 0.3 is 0 Å². The van der Waals surface area contributed by atoms with Gasteiger partial charge in [-0.1, -0.05) is 41.4 Å². The first kappa shape index (κ1) is 19.7. The molecule has 29 heavy (non-hydrogen) atoms. The molecule has 4 aliphatic carbocycles. The highest BCUT2D eigenvalue weighted by molar-refractivity contribution is 6.35. The topological polar surface area (TPSA) is 41.5 Å². The monoisotopic (exact) mass is 431 g/mol. The zero-order valence-electron chi connectivity index (χ0n) is 16.5. The highest BCUT2D eigenvalue weighted by atomic mass is 35.5. The number of nitrogens with one attached hydrogen (secondary N) is 1. The molecule has 4 fully saturated rings. The normalized spacial score (nSPS) is 32.5. The highest BCUT2D eigenvalue weighted by Gasteiger charge is 2.56. The number of hydrogen-bond donors (Lipinski definition) is 2. The summed E-state index contributed by atoms with van der Waals surface area (Å²) in [5.41, 5.74) is 1.86. The maximum absolute atomic E-state index is 10.9. The fourth-order valence-corrected chi connectivity index (χ4v) is 6.68. The van der Waals surface area contributed by atoms with Gasteiger partial charge in [-0.15, -0.1) is 0 Å². The van der Waals surface area contributed by atoms with Crippen LogP contribution in [0.2, 0.25) is 10.0 Å². The van der Waals surface area contributed by atoms with Gasteiger partial charge in [-0.25, -0.2) is 0 Å². The van der Waals surface area contributed by atoms with Crippen LogP contribution in [0.4, 0.5) is 0 Å². The summed E-state index contributed by atoms with van der Waals surface area (Å²) in [5.74, 6) is 2.22. The highest BCUT2D eigenvalue weighted by Crippen LogP contribution is 2.57. The molecule has 3 nitrogen and oxygen atoms in total. The lowest BCUT2D eigenvalue weighted by atomic mass is 9.51. The van der Waals surface area contributed by atoms with Crippen LogP contribution in [0.3, 0.4) is 0 Å². The van der Waals surface area contributed by atoms with Crippen LogP contribution in [0.15, 0.2) is 42.5 Å². The van der Waals surface area contributed by atoms with Crippen molar-refractivity contribution in [3.63, 3.8) is 0 Å². The van der Waals surface area contributed by atoms with Crippen molar-refractivity contribution < 1.29 is 9.84 Å². The van der Waals surface area contributed by atoms with Crippen LogP contribution in [0.5, 0.6) is 5.75 Å². The van der Waals surface area contributed by atoms with E-state index in [0.29, 0.717) is 28.5 Å². The Hall–Kier alpha value is -1.26. The molecule has 0 heterocycles. The van der Waals surface area contributed by atoms with Gasteiger partial charge in [-0.2, -0.15) is 0 Å². The number of halogens is 2. The van der Waals surface area contributed by atoms with Crippen molar-refractivity contribution in [3.05, 3.63) is 63.6 Å². The van der Waals surface area contributed by atoms with Crippen molar-refractivity contribution in [1.29, 1.82) is 0 Å². The number of rotatable bonds is 6. The summed E-state index contributed by atoms with van der Waals surface area (Å²) in [5, 5.41) is 16.0. The minimum Gasteiger partial charge on any atom is -0.489 e. The Morgan fingerprint density at radius 1 is 1.00 bits per heavy atom. The molecule has 2 unspecified atom stereocenters. The maximum Gasteiger partial charge on any atom is 0.119 e. The number of aliphatic hydroxyl groups is 1. The lowest BCUT2D eigenvalue weighted by Gasteiger charge is -2.60. The van der Waals surface area contributed by atoms with E-state index in [1.807, 2.05) is 24.3 Å². The van der Waals surface area contributed by atoms with Crippen LogP contribution in [-0.4, -0.2) is 16.2 Å². The van der Waals surface area contributed by atoms with Crippen LogP contribution >= 0.6 is 23.2 Å². The van der Waals surface area contributed by atoms with E-state index in [1.54, 1.807) is 6.07 Å². The Morgan fingerprint density at radius 2 is 1.72 bits per heavy atom. The Kier molecular flexibility index (Phi) is 5.06. The number of hydrogen-bond acceptors (Lipinski definition) is 3. The molecule has 4 aliphatic rings. The molecule has 0 radical (unpaired) electrons. The van der Waals surface area contributed by atoms with Crippen molar-refractivity contribution >= 4 is 23.2 Å². The molecule has 154 valence electrons. The van der Waals surface area contributed by atoms with Gasteiger partial charge in [0.15, 0.2) is 0 Å². The van der Waals surface area contributed by atoms with Gasteiger partial charge in [0.1, 0.15) is 12.4 Å². The fraction of sp³-hybridized carbons (Fsp3) is 0.500. The molecule has 0 saturated heterocycles. The first-order valence-corrected chi connectivity index (χ1v) is 11.3. The van der Waals surface area contributed by atoms with Crippen molar-refractivity contribution in [3.8, 4) is 5.75 Å². The standard InChI is InChI=1S/C24H27Cl2NO2/c25-20-4-3-19(22(26)8-20)14-29-21-5-1-16(2-6-21)13-27-23-9-17-7-18(10-23)12-24(28,11-17)15-23/h1-6,8,17-18,27-28H,7,9-15H2. The molecule has 6 rings (SSSR count). The summed E-state index contributed by atoms with van der Waals surface area (Å²) < 4.78 is 5.88. The molecule has 0 aliphatic heterocycles.